The molecule has 1 aliphatic carbocycles. The summed E-state index contributed by atoms with van der Waals surface area (Å²) in [4.78, 5) is 17.6. The Morgan fingerprint density at radius 1 is 0.889 bits per heavy atom. The molecule has 2 aromatic rings. The maximum absolute atomic E-state index is 13.1. The van der Waals surface area contributed by atoms with Gasteiger partial charge >= 0.3 is 0 Å². The van der Waals surface area contributed by atoms with Gasteiger partial charge in [0.2, 0.25) is 5.91 Å². The van der Waals surface area contributed by atoms with Gasteiger partial charge in [-0.2, -0.15) is 0 Å². The van der Waals surface area contributed by atoms with E-state index in [1.165, 1.54) is 19.3 Å². The standard InChI is InChI=1S/C29H36Cl2N2O3/c30-27-19-23(21-6-8-25(9-7-21)36-17-14-32-12-15-35-16-13-32)20-28(31)26(27)18-22-10-11-33(29(22)34)24-4-2-1-3-5-24/h6-9,19-20,22,24H,1-5,10-18H2. The van der Waals surface area contributed by atoms with Crippen LogP contribution in [0.25, 0.3) is 11.1 Å². The van der Waals surface area contributed by atoms with Crippen LogP contribution in [0.5, 0.6) is 5.75 Å². The highest BCUT2D eigenvalue weighted by Crippen LogP contribution is 2.37. The molecule has 2 aliphatic heterocycles. The molecule has 2 aromatic carbocycles. The van der Waals surface area contributed by atoms with Gasteiger partial charge in [0.25, 0.3) is 0 Å². The van der Waals surface area contributed by atoms with E-state index < -0.39 is 0 Å². The van der Waals surface area contributed by atoms with Gasteiger partial charge in [0.1, 0.15) is 12.4 Å². The third kappa shape index (κ3) is 6.19. The van der Waals surface area contributed by atoms with E-state index in [1.807, 2.05) is 36.4 Å². The molecule has 5 rings (SSSR count). The zero-order chi connectivity index (χ0) is 24.9. The van der Waals surface area contributed by atoms with Gasteiger partial charge in [0.05, 0.1) is 13.2 Å². The van der Waals surface area contributed by atoms with Crippen LogP contribution in [-0.2, 0) is 16.0 Å². The Morgan fingerprint density at radius 3 is 2.28 bits per heavy atom. The number of likely N-dealkylation sites (tertiary alicyclic amines) is 1. The number of amides is 1. The molecular weight excluding hydrogens is 495 g/mol. The number of hydrogen-bond acceptors (Lipinski definition) is 4. The Kier molecular flexibility index (Phi) is 8.74. The lowest BCUT2D eigenvalue weighted by Gasteiger charge is -2.31. The number of nitrogens with zero attached hydrogens (tertiary/aromatic N) is 2. The topological polar surface area (TPSA) is 42.0 Å². The summed E-state index contributed by atoms with van der Waals surface area (Å²) in [5.41, 5.74) is 2.88. The molecule has 5 nitrogen and oxygen atoms in total. The summed E-state index contributed by atoms with van der Waals surface area (Å²) >= 11 is 13.4. The molecule has 0 N–H and O–H groups in total. The smallest absolute Gasteiger partial charge is 0.226 e. The molecule has 1 unspecified atom stereocenters. The van der Waals surface area contributed by atoms with Gasteiger partial charge in [-0.3, -0.25) is 9.69 Å². The van der Waals surface area contributed by atoms with Gasteiger partial charge in [-0.15, -0.1) is 0 Å². The van der Waals surface area contributed by atoms with Crippen molar-refractivity contribution in [1.82, 2.24) is 9.80 Å². The van der Waals surface area contributed by atoms with Crippen molar-refractivity contribution < 1.29 is 14.3 Å². The molecule has 0 aromatic heterocycles. The molecule has 36 heavy (non-hydrogen) atoms. The maximum atomic E-state index is 13.1. The number of ether oxygens (including phenoxy) is 2. The summed E-state index contributed by atoms with van der Waals surface area (Å²) in [6, 6.07) is 12.4. The number of hydrogen-bond donors (Lipinski definition) is 0. The Bertz CT molecular complexity index is 1010. The highest BCUT2D eigenvalue weighted by atomic mass is 35.5. The number of rotatable bonds is 8. The van der Waals surface area contributed by atoms with Crippen molar-refractivity contribution in [2.75, 3.05) is 46.0 Å². The first kappa shape index (κ1) is 25.8. The molecule has 2 saturated heterocycles. The van der Waals surface area contributed by atoms with Crippen LogP contribution in [-0.4, -0.2) is 67.7 Å². The molecule has 0 radical (unpaired) electrons. The Morgan fingerprint density at radius 2 is 1.58 bits per heavy atom. The molecule has 1 saturated carbocycles. The zero-order valence-corrected chi connectivity index (χ0v) is 22.4. The second kappa shape index (κ2) is 12.2. The van der Waals surface area contributed by atoms with Crippen LogP contribution in [0.2, 0.25) is 10.0 Å². The van der Waals surface area contributed by atoms with Crippen molar-refractivity contribution in [3.8, 4) is 16.9 Å². The molecule has 0 bridgehead atoms. The normalized spacial score (nSPS) is 21.8. The van der Waals surface area contributed by atoms with E-state index in [1.54, 1.807) is 0 Å². The Hall–Kier alpha value is -1.79. The monoisotopic (exact) mass is 530 g/mol. The third-order valence-corrected chi connectivity index (χ3v) is 8.60. The van der Waals surface area contributed by atoms with E-state index in [2.05, 4.69) is 9.80 Å². The van der Waals surface area contributed by atoms with E-state index >= 15 is 0 Å². The summed E-state index contributed by atoms with van der Waals surface area (Å²) in [6.45, 7) is 5.95. The van der Waals surface area contributed by atoms with E-state index in [0.717, 1.165) is 81.1 Å². The number of carbonyl (C=O) groups is 1. The minimum atomic E-state index is -0.0262. The first-order valence-corrected chi connectivity index (χ1v) is 14.2. The molecular formula is C29H36Cl2N2O3. The Labute approximate surface area is 224 Å². The van der Waals surface area contributed by atoms with Crippen molar-refractivity contribution in [2.45, 2.75) is 51.0 Å². The van der Waals surface area contributed by atoms with Crippen molar-refractivity contribution in [2.24, 2.45) is 5.92 Å². The Balaban J connectivity index is 1.19. The maximum Gasteiger partial charge on any atom is 0.226 e. The van der Waals surface area contributed by atoms with Crippen LogP contribution in [0.1, 0.15) is 44.1 Å². The second-order valence-corrected chi connectivity index (χ2v) is 11.1. The molecule has 194 valence electrons. The van der Waals surface area contributed by atoms with Crippen LogP contribution < -0.4 is 4.74 Å². The van der Waals surface area contributed by atoms with Crippen molar-refractivity contribution in [3.05, 3.63) is 52.0 Å². The summed E-state index contributed by atoms with van der Waals surface area (Å²) in [6.07, 6.45) is 7.55. The molecule has 7 heteroatoms. The lowest BCUT2D eigenvalue weighted by molar-refractivity contribution is -0.133. The molecule has 1 atom stereocenters. The average Bonchev–Trinajstić information content (AvgIpc) is 3.27. The minimum absolute atomic E-state index is 0.0262. The summed E-state index contributed by atoms with van der Waals surface area (Å²) in [7, 11) is 0. The van der Waals surface area contributed by atoms with E-state index in [0.29, 0.717) is 29.1 Å². The highest BCUT2D eigenvalue weighted by molar-refractivity contribution is 6.36. The zero-order valence-electron chi connectivity index (χ0n) is 20.9. The van der Waals surface area contributed by atoms with Crippen molar-refractivity contribution in [1.29, 1.82) is 0 Å². The predicted molar refractivity (Wildman–Crippen MR) is 145 cm³/mol. The number of benzene rings is 2. The third-order valence-electron chi connectivity index (χ3n) is 7.93. The lowest BCUT2D eigenvalue weighted by Crippen LogP contribution is -2.39. The quantitative estimate of drug-likeness (QED) is 0.413. The molecule has 3 aliphatic rings. The molecule has 2 heterocycles. The predicted octanol–water partition coefficient (Wildman–Crippen LogP) is 6.10. The SMILES string of the molecule is O=C1C(Cc2c(Cl)cc(-c3ccc(OCCN4CCOCC4)cc3)cc2Cl)CCN1C1CCCCC1. The van der Waals surface area contributed by atoms with Crippen LogP contribution in [0.15, 0.2) is 36.4 Å². The van der Waals surface area contributed by atoms with Crippen LogP contribution in [0.4, 0.5) is 0 Å². The van der Waals surface area contributed by atoms with E-state index in [9.17, 15) is 4.79 Å². The fourth-order valence-corrected chi connectivity index (χ4v) is 6.42. The number of carbonyl (C=O) groups excluding carboxylic acids is 1. The minimum Gasteiger partial charge on any atom is -0.492 e. The second-order valence-electron chi connectivity index (χ2n) is 10.3. The van der Waals surface area contributed by atoms with E-state index in [-0.39, 0.29) is 11.8 Å². The van der Waals surface area contributed by atoms with Crippen molar-refractivity contribution >= 4 is 29.1 Å². The van der Waals surface area contributed by atoms with Crippen LogP contribution in [0.3, 0.4) is 0 Å². The molecule has 0 spiro atoms. The van der Waals surface area contributed by atoms with Gasteiger partial charge < -0.3 is 14.4 Å². The van der Waals surface area contributed by atoms with E-state index in [4.69, 9.17) is 32.7 Å². The largest absolute Gasteiger partial charge is 0.492 e. The first-order valence-electron chi connectivity index (χ1n) is 13.4. The first-order chi connectivity index (χ1) is 17.6. The molecule has 1 amide bonds. The highest BCUT2D eigenvalue weighted by Gasteiger charge is 2.36. The van der Waals surface area contributed by atoms with Gasteiger partial charge in [0.15, 0.2) is 0 Å². The van der Waals surface area contributed by atoms with Crippen LogP contribution >= 0.6 is 23.2 Å². The number of halogens is 2. The van der Waals surface area contributed by atoms with Gasteiger partial charge in [-0.1, -0.05) is 54.6 Å². The summed E-state index contributed by atoms with van der Waals surface area (Å²) < 4.78 is 11.3. The van der Waals surface area contributed by atoms with Gasteiger partial charge in [0, 0.05) is 48.2 Å². The fourth-order valence-electron chi connectivity index (χ4n) is 5.78. The number of morpholine rings is 1. The summed E-state index contributed by atoms with van der Waals surface area (Å²) in [5.74, 6) is 1.10. The fraction of sp³-hybridized carbons (Fsp3) is 0.552. The van der Waals surface area contributed by atoms with Crippen LogP contribution in [0, 0.1) is 5.92 Å². The van der Waals surface area contributed by atoms with Gasteiger partial charge in [-0.05, 0) is 66.6 Å². The lowest BCUT2D eigenvalue weighted by atomic mass is 9.93. The summed E-state index contributed by atoms with van der Waals surface area (Å²) in [5, 5.41) is 1.26. The van der Waals surface area contributed by atoms with Crippen molar-refractivity contribution in [3.63, 3.8) is 0 Å². The molecule has 3 fully saturated rings. The van der Waals surface area contributed by atoms with Gasteiger partial charge in [-0.25, -0.2) is 0 Å². The average molecular weight is 532 g/mol.